The number of nitrogens with zero attached hydrogens (tertiary/aromatic N) is 3. The zero-order valence-electron chi connectivity index (χ0n) is 12.0. The predicted molar refractivity (Wildman–Crippen MR) is 80.8 cm³/mol. The zero-order chi connectivity index (χ0) is 14.4. The van der Waals surface area contributed by atoms with Gasteiger partial charge >= 0.3 is 0 Å². The fourth-order valence-corrected chi connectivity index (χ4v) is 3.03. The number of rotatable bonds is 8. The second kappa shape index (κ2) is 7.52. The first-order valence-corrected chi connectivity index (χ1v) is 7.77. The maximum Gasteiger partial charge on any atom is 0.0964 e. The molecule has 0 radical (unpaired) electrons. The van der Waals surface area contributed by atoms with Gasteiger partial charge in [0.1, 0.15) is 0 Å². The average molecular weight is 294 g/mol. The van der Waals surface area contributed by atoms with Crippen molar-refractivity contribution >= 4 is 11.3 Å². The van der Waals surface area contributed by atoms with Crippen LogP contribution in [0, 0.1) is 6.92 Å². The molecule has 5 nitrogen and oxygen atoms in total. The maximum absolute atomic E-state index is 8.78. The van der Waals surface area contributed by atoms with E-state index in [9.17, 15) is 0 Å². The van der Waals surface area contributed by atoms with Gasteiger partial charge in [-0.3, -0.25) is 4.68 Å². The van der Waals surface area contributed by atoms with Crippen molar-refractivity contribution < 1.29 is 5.11 Å². The number of aliphatic hydroxyl groups is 1. The SMILES string of the molecule is Cc1ccc(CC(C)NCc2cn(CCCO)nn2)s1. The van der Waals surface area contributed by atoms with E-state index in [-0.39, 0.29) is 6.61 Å². The van der Waals surface area contributed by atoms with Gasteiger partial charge in [0.15, 0.2) is 0 Å². The van der Waals surface area contributed by atoms with Crippen LogP contribution in [-0.2, 0) is 19.5 Å². The number of hydrogen-bond acceptors (Lipinski definition) is 5. The number of hydrogen-bond donors (Lipinski definition) is 2. The molecule has 1 atom stereocenters. The third-order valence-electron chi connectivity index (χ3n) is 3.07. The van der Waals surface area contributed by atoms with Crippen molar-refractivity contribution in [1.29, 1.82) is 0 Å². The Morgan fingerprint density at radius 3 is 3.00 bits per heavy atom. The van der Waals surface area contributed by atoms with Crippen LogP contribution in [0.1, 0.15) is 28.8 Å². The van der Waals surface area contributed by atoms with Crippen LogP contribution in [0.15, 0.2) is 18.3 Å². The molecule has 6 heteroatoms. The number of aliphatic hydroxyl groups excluding tert-OH is 1. The highest BCUT2D eigenvalue weighted by Gasteiger charge is 2.07. The van der Waals surface area contributed by atoms with Crippen LogP contribution in [0.5, 0.6) is 0 Å². The molecule has 0 aliphatic heterocycles. The third-order valence-corrected chi connectivity index (χ3v) is 4.09. The van der Waals surface area contributed by atoms with Crippen molar-refractivity contribution in [2.75, 3.05) is 6.61 Å². The number of aromatic nitrogens is 3. The van der Waals surface area contributed by atoms with Gasteiger partial charge < -0.3 is 10.4 Å². The Bertz CT molecular complexity index is 523. The van der Waals surface area contributed by atoms with Crippen molar-refractivity contribution in [1.82, 2.24) is 20.3 Å². The van der Waals surface area contributed by atoms with Crippen LogP contribution in [0.25, 0.3) is 0 Å². The van der Waals surface area contributed by atoms with E-state index < -0.39 is 0 Å². The van der Waals surface area contributed by atoms with Gasteiger partial charge in [0.25, 0.3) is 0 Å². The average Bonchev–Trinajstić information content (AvgIpc) is 3.03. The molecule has 0 bridgehead atoms. The third kappa shape index (κ3) is 4.70. The van der Waals surface area contributed by atoms with E-state index in [1.807, 2.05) is 17.5 Å². The van der Waals surface area contributed by atoms with Gasteiger partial charge in [-0.05, 0) is 38.8 Å². The van der Waals surface area contributed by atoms with E-state index in [4.69, 9.17) is 5.11 Å². The fourth-order valence-electron chi connectivity index (χ4n) is 2.01. The highest BCUT2D eigenvalue weighted by molar-refractivity contribution is 7.11. The van der Waals surface area contributed by atoms with Gasteiger partial charge in [0.2, 0.25) is 0 Å². The molecule has 110 valence electrons. The Kier molecular flexibility index (Phi) is 5.70. The Morgan fingerprint density at radius 1 is 1.45 bits per heavy atom. The summed E-state index contributed by atoms with van der Waals surface area (Å²) < 4.78 is 1.78. The van der Waals surface area contributed by atoms with Crippen LogP contribution >= 0.6 is 11.3 Å². The van der Waals surface area contributed by atoms with Crippen molar-refractivity contribution in [3.63, 3.8) is 0 Å². The normalized spacial score (nSPS) is 12.8. The summed E-state index contributed by atoms with van der Waals surface area (Å²) in [5, 5.41) is 20.4. The summed E-state index contributed by atoms with van der Waals surface area (Å²) in [4.78, 5) is 2.77. The first-order valence-electron chi connectivity index (χ1n) is 6.96. The molecule has 0 amide bonds. The lowest BCUT2D eigenvalue weighted by atomic mass is 10.2. The van der Waals surface area contributed by atoms with Crippen molar-refractivity contribution in [3.05, 3.63) is 33.8 Å². The van der Waals surface area contributed by atoms with Crippen LogP contribution in [-0.4, -0.2) is 32.7 Å². The van der Waals surface area contributed by atoms with E-state index in [1.165, 1.54) is 9.75 Å². The van der Waals surface area contributed by atoms with Crippen LogP contribution < -0.4 is 5.32 Å². The van der Waals surface area contributed by atoms with Gasteiger partial charge in [-0.1, -0.05) is 5.21 Å². The molecule has 2 aromatic rings. The Balaban J connectivity index is 1.75. The molecule has 0 saturated carbocycles. The highest BCUT2D eigenvalue weighted by atomic mass is 32.1. The summed E-state index contributed by atoms with van der Waals surface area (Å²) in [6.45, 7) is 5.95. The zero-order valence-corrected chi connectivity index (χ0v) is 12.9. The highest BCUT2D eigenvalue weighted by Crippen LogP contribution is 2.16. The minimum Gasteiger partial charge on any atom is -0.396 e. The molecule has 0 aromatic carbocycles. The van der Waals surface area contributed by atoms with E-state index in [0.29, 0.717) is 19.0 Å². The fraction of sp³-hybridized carbons (Fsp3) is 0.571. The van der Waals surface area contributed by atoms with E-state index in [1.54, 1.807) is 4.68 Å². The summed E-state index contributed by atoms with van der Waals surface area (Å²) in [7, 11) is 0. The number of thiophene rings is 1. The smallest absolute Gasteiger partial charge is 0.0964 e. The maximum atomic E-state index is 8.78. The van der Waals surface area contributed by atoms with Crippen LogP contribution in [0.2, 0.25) is 0 Å². The standard InChI is InChI=1S/C14H22N4OS/c1-11(8-14-5-4-12(2)20-14)15-9-13-10-18(17-16-13)6-3-7-19/h4-5,10-11,15,19H,3,6-9H2,1-2H3. The quantitative estimate of drug-likeness (QED) is 0.778. The topological polar surface area (TPSA) is 63.0 Å². The van der Waals surface area contributed by atoms with Crippen molar-refractivity contribution in [2.24, 2.45) is 0 Å². The van der Waals surface area contributed by atoms with E-state index in [2.05, 4.69) is 41.6 Å². The van der Waals surface area contributed by atoms with Gasteiger partial charge in [0.05, 0.1) is 5.69 Å². The van der Waals surface area contributed by atoms with Gasteiger partial charge in [-0.25, -0.2) is 0 Å². The Hall–Kier alpha value is -1.24. The predicted octanol–water partition coefficient (Wildman–Crippen LogP) is 1.75. The lowest BCUT2D eigenvalue weighted by molar-refractivity contribution is 0.276. The molecule has 0 saturated heterocycles. The second-order valence-electron chi connectivity index (χ2n) is 5.05. The van der Waals surface area contributed by atoms with E-state index in [0.717, 1.165) is 18.7 Å². The Morgan fingerprint density at radius 2 is 2.30 bits per heavy atom. The second-order valence-corrected chi connectivity index (χ2v) is 6.42. The molecule has 20 heavy (non-hydrogen) atoms. The molecule has 0 spiro atoms. The molecule has 2 heterocycles. The minimum absolute atomic E-state index is 0.185. The number of nitrogens with one attached hydrogen (secondary N) is 1. The van der Waals surface area contributed by atoms with Gasteiger partial charge in [-0.15, -0.1) is 16.4 Å². The van der Waals surface area contributed by atoms with Crippen molar-refractivity contribution in [2.45, 2.75) is 45.8 Å². The summed E-state index contributed by atoms with van der Waals surface area (Å²) >= 11 is 1.86. The first-order chi connectivity index (χ1) is 9.67. The molecular weight excluding hydrogens is 272 g/mol. The Labute approximate surface area is 123 Å². The van der Waals surface area contributed by atoms with Gasteiger partial charge in [0, 0.05) is 41.7 Å². The van der Waals surface area contributed by atoms with Crippen LogP contribution in [0.4, 0.5) is 0 Å². The first kappa shape index (κ1) is 15.2. The molecular formula is C14H22N4OS. The molecule has 0 aliphatic rings. The van der Waals surface area contributed by atoms with Gasteiger partial charge in [-0.2, -0.15) is 0 Å². The summed E-state index contributed by atoms with van der Waals surface area (Å²) in [5.41, 5.74) is 0.942. The monoisotopic (exact) mass is 294 g/mol. The molecule has 2 rings (SSSR count). The lowest BCUT2D eigenvalue weighted by Gasteiger charge is -2.11. The molecule has 0 aliphatic carbocycles. The molecule has 0 fully saturated rings. The summed E-state index contributed by atoms with van der Waals surface area (Å²) in [6, 6.07) is 4.78. The summed E-state index contributed by atoms with van der Waals surface area (Å²) in [5.74, 6) is 0. The molecule has 1 unspecified atom stereocenters. The van der Waals surface area contributed by atoms with E-state index >= 15 is 0 Å². The minimum atomic E-state index is 0.185. The summed E-state index contributed by atoms with van der Waals surface area (Å²) in [6.07, 6.45) is 3.69. The molecule has 2 N–H and O–H groups in total. The largest absolute Gasteiger partial charge is 0.396 e. The van der Waals surface area contributed by atoms with Crippen LogP contribution in [0.3, 0.4) is 0 Å². The number of aryl methyl sites for hydroxylation is 2. The molecule has 2 aromatic heterocycles. The van der Waals surface area contributed by atoms with Crippen molar-refractivity contribution in [3.8, 4) is 0 Å². The lowest BCUT2D eigenvalue weighted by Crippen LogP contribution is -2.27.